The zero-order valence-electron chi connectivity index (χ0n) is 10.5. The molecular weight excluding hydrogens is 200 g/mol. The zero-order valence-corrected chi connectivity index (χ0v) is 10.5. The molecule has 88 valence electrons. The van der Waals surface area contributed by atoms with E-state index < -0.39 is 0 Å². The smallest absolute Gasteiger partial charge is 0.125 e. The van der Waals surface area contributed by atoms with Gasteiger partial charge in [-0.2, -0.15) is 0 Å². The van der Waals surface area contributed by atoms with Gasteiger partial charge in [-0.05, 0) is 36.0 Å². The van der Waals surface area contributed by atoms with Crippen LogP contribution in [0.4, 0.5) is 0 Å². The average Bonchev–Trinajstić information content (AvgIpc) is 2.25. The maximum Gasteiger partial charge on any atom is 0.125 e. The van der Waals surface area contributed by atoms with Crippen LogP contribution in [0.15, 0.2) is 12.1 Å². The second-order valence-corrected chi connectivity index (χ2v) is 4.34. The van der Waals surface area contributed by atoms with Gasteiger partial charge in [0, 0.05) is 6.42 Å². The number of rotatable bonds is 5. The molecule has 0 heterocycles. The van der Waals surface area contributed by atoms with Crippen molar-refractivity contribution in [3.05, 3.63) is 28.8 Å². The van der Waals surface area contributed by atoms with E-state index in [9.17, 15) is 4.79 Å². The van der Waals surface area contributed by atoms with Crippen molar-refractivity contribution in [3.63, 3.8) is 0 Å². The summed E-state index contributed by atoms with van der Waals surface area (Å²) < 4.78 is 5.45. The number of hydrogen-bond donors (Lipinski definition) is 0. The highest BCUT2D eigenvalue weighted by Gasteiger charge is 2.13. The van der Waals surface area contributed by atoms with Crippen LogP contribution in [0, 0.1) is 6.92 Å². The van der Waals surface area contributed by atoms with Gasteiger partial charge in [0.05, 0.1) is 7.11 Å². The maximum absolute atomic E-state index is 10.5. The molecule has 0 aliphatic rings. The van der Waals surface area contributed by atoms with Gasteiger partial charge in [-0.15, -0.1) is 0 Å². The van der Waals surface area contributed by atoms with E-state index in [1.165, 1.54) is 11.1 Å². The van der Waals surface area contributed by atoms with E-state index >= 15 is 0 Å². The molecule has 0 aliphatic heterocycles. The van der Waals surface area contributed by atoms with E-state index in [1.54, 1.807) is 7.11 Å². The number of aryl methyl sites for hydroxylation is 1. The minimum absolute atomic E-state index is 0.455. The van der Waals surface area contributed by atoms with Gasteiger partial charge in [0.2, 0.25) is 0 Å². The predicted octanol–water partition coefficient (Wildman–Crippen LogP) is 3.26. The van der Waals surface area contributed by atoms with Crippen molar-refractivity contribution in [3.8, 4) is 5.75 Å². The predicted molar refractivity (Wildman–Crippen MR) is 66.2 cm³/mol. The summed E-state index contributed by atoms with van der Waals surface area (Å²) in [6.07, 6.45) is 2.28. The number of ether oxygens (including phenoxy) is 1. The van der Waals surface area contributed by atoms with E-state index in [2.05, 4.69) is 26.0 Å². The summed E-state index contributed by atoms with van der Waals surface area (Å²) in [5, 5.41) is 0. The van der Waals surface area contributed by atoms with Crippen molar-refractivity contribution in [1.82, 2.24) is 0 Å². The van der Waals surface area contributed by atoms with Crippen molar-refractivity contribution in [1.29, 1.82) is 0 Å². The standard InChI is InChI=1S/C14H20O2/c1-10(2)12-8-7-11(3)14(16-4)13(12)6-5-9-15/h7-10H,5-6H2,1-4H3. The molecule has 0 bridgehead atoms. The second kappa shape index (κ2) is 5.69. The van der Waals surface area contributed by atoms with Crippen LogP contribution in [0.2, 0.25) is 0 Å². The Labute approximate surface area is 97.6 Å². The van der Waals surface area contributed by atoms with Gasteiger partial charge in [-0.1, -0.05) is 26.0 Å². The lowest BCUT2D eigenvalue weighted by atomic mass is 9.92. The molecule has 0 amide bonds. The number of carbonyl (C=O) groups excluding carboxylic acids is 1. The first kappa shape index (κ1) is 12.8. The second-order valence-electron chi connectivity index (χ2n) is 4.34. The average molecular weight is 220 g/mol. The molecule has 0 radical (unpaired) electrons. The lowest BCUT2D eigenvalue weighted by Gasteiger charge is -2.17. The lowest BCUT2D eigenvalue weighted by molar-refractivity contribution is -0.107. The Kier molecular flexibility index (Phi) is 4.53. The largest absolute Gasteiger partial charge is 0.496 e. The Morgan fingerprint density at radius 1 is 1.38 bits per heavy atom. The van der Waals surface area contributed by atoms with Gasteiger partial charge in [-0.3, -0.25) is 0 Å². The molecule has 0 spiro atoms. The minimum atomic E-state index is 0.455. The highest BCUT2D eigenvalue weighted by Crippen LogP contribution is 2.31. The summed E-state index contributed by atoms with van der Waals surface area (Å²) in [4.78, 5) is 10.5. The van der Waals surface area contributed by atoms with Crippen LogP contribution in [-0.4, -0.2) is 13.4 Å². The molecule has 0 saturated heterocycles. The molecule has 0 N–H and O–H groups in total. The molecule has 2 heteroatoms. The third-order valence-electron chi connectivity index (χ3n) is 2.83. The van der Waals surface area contributed by atoms with Gasteiger partial charge in [0.1, 0.15) is 12.0 Å². The number of benzene rings is 1. The van der Waals surface area contributed by atoms with Crippen LogP contribution in [0.1, 0.15) is 42.9 Å². The van der Waals surface area contributed by atoms with Crippen molar-refractivity contribution in [2.24, 2.45) is 0 Å². The quantitative estimate of drug-likeness (QED) is 0.712. The van der Waals surface area contributed by atoms with Gasteiger partial charge in [0.15, 0.2) is 0 Å². The highest BCUT2D eigenvalue weighted by atomic mass is 16.5. The number of aldehydes is 1. The number of methoxy groups -OCH3 is 1. The minimum Gasteiger partial charge on any atom is -0.496 e. The van der Waals surface area contributed by atoms with Gasteiger partial charge < -0.3 is 9.53 Å². The number of hydrogen-bond acceptors (Lipinski definition) is 2. The summed E-state index contributed by atoms with van der Waals surface area (Å²) >= 11 is 0. The number of carbonyl (C=O) groups is 1. The molecule has 1 aromatic carbocycles. The first-order valence-corrected chi connectivity index (χ1v) is 5.71. The van der Waals surface area contributed by atoms with E-state index in [4.69, 9.17) is 4.74 Å². The first-order chi connectivity index (χ1) is 7.61. The molecule has 1 aromatic rings. The van der Waals surface area contributed by atoms with Crippen LogP contribution in [0.5, 0.6) is 5.75 Å². The molecule has 1 rings (SSSR count). The van der Waals surface area contributed by atoms with Gasteiger partial charge >= 0.3 is 0 Å². The fraction of sp³-hybridized carbons (Fsp3) is 0.500. The van der Waals surface area contributed by atoms with Crippen LogP contribution < -0.4 is 4.74 Å². The highest BCUT2D eigenvalue weighted by molar-refractivity contribution is 5.53. The zero-order chi connectivity index (χ0) is 12.1. The third kappa shape index (κ3) is 2.63. The summed E-state index contributed by atoms with van der Waals surface area (Å²) in [5.41, 5.74) is 3.60. The maximum atomic E-state index is 10.5. The van der Waals surface area contributed by atoms with E-state index in [0.29, 0.717) is 12.3 Å². The molecule has 0 fully saturated rings. The first-order valence-electron chi connectivity index (χ1n) is 5.71. The van der Waals surface area contributed by atoms with Crippen molar-refractivity contribution < 1.29 is 9.53 Å². The Morgan fingerprint density at radius 3 is 2.56 bits per heavy atom. The monoisotopic (exact) mass is 220 g/mol. The van der Waals surface area contributed by atoms with E-state index in [0.717, 1.165) is 24.0 Å². The van der Waals surface area contributed by atoms with Crippen LogP contribution in [0.3, 0.4) is 0 Å². The summed E-state index contributed by atoms with van der Waals surface area (Å²) in [7, 11) is 1.69. The summed E-state index contributed by atoms with van der Waals surface area (Å²) in [6, 6.07) is 4.22. The molecule has 0 saturated carbocycles. The van der Waals surface area contributed by atoms with E-state index in [-0.39, 0.29) is 0 Å². The Balaban J connectivity index is 3.23. The SMILES string of the molecule is COc1c(C)ccc(C(C)C)c1CCC=O. The Morgan fingerprint density at radius 2 is 2.06 bits per heavy atom. The molecule has 0 aliphatic carbocycles. The fourth-order valence-electron chi connectivity index (χ4n) is 2.05. The van der Waals surface area contributed by atoms with Gasteiger partial charge in [-0.25, -0.2) is 0 Å². The topological polar surface area (TPSA) is 26.3 Å². The van der Waals surface area contributed by atoms with Gasteiger partial charge in [0.25, 0.3) is 0 Å². The summed E-state index contributed by atoms with van der Waals surface area (Å²) in [5.74, 6) is 1.39. The fourth-order valence-corrected chi connectivity index (χ4v) is 2.05. The van der Waals surface area contributed by atoms with Crippen LogP contribution in [0.25, 0.3) is 0 Å². The van der Waals surface area contributed by atoms with Crippen molar-refractivity contribution >= 4 is 6.29 Å². The Hall–Kier alpha value is -1.31. The molecule has 2 nitrogen and oxygen atoms in total. The van der Waals surface area contributed by atoms with Crippen molar-refractivity contribution in [2.45, 2.75) is 39.5 Å². The van der Waals surface area contributed by atoms with Crippen LogP contribution in [-0.2, 0) is 11.2 Å². The molecule has 0 atom stereocenters. The normalized spacial score (nSPS) is 10.6. The molecule has 0 aromatic heterocycles. The van der Waals surface area contributed by atoms with Crippen molar-refractivity contribution in [2.75, 3.05) is 7.11 Å². The summed E-state index contributed by atoms with van der Waals surface area (Å²) in [6.45, 7) is 6.36. The molecule has 0 unspecified atom stereocenters. The van der Waals surface area contributed by atoms with E-state index in [1.807, 2.05) is 6.92 Å². The Bertz CT molecular complexity index is 367. The third-order valence-corrected chi connectivity index (χ3v) is 2.83. The molecule has 16 heavy (non-hydrogen) atoms. The van der Waals surface area contributed by atoms with Crippen LogP contribution >= 0.6 is 0 Å². The molecular formula is C14H20O2. The lowest BCUT2D eigenvalue weighted by Crippen LogP contribution is -2.02.